The average molecular weight is 421 g/mol. The van der Waals surface area contributed by atoms with Gasteiger partial charge >= 0.3 is 0 Å². The van der Waals surface area contributed by atoms with Crippen LogP contribution in [0.5, 0.6) is 5.75 Å². The first-order valence-corrected chi connectivity index (χ1v) is 11.3. The number of nitrogens with zero attached hydrogens (tertiary/aromatic N) is 1. The number of aryl methyl sites for hydroxylation is 1. The number of carbonyl (C=O) groups is 2. The molecule has 4 rings (SSSR count). The van der Waals surface area contributed by atoms with Gasteiger partial charge in [0.15, 0.2) is 6.10 Å². The number of hydrogen-bond acceptors (Lipinski definition) is 3. The van der Waals surface area contributed by atoms with Gasteiger partial charge in [-0.15, -0.1) is 0 Å². The Morgan fingerprint density at radius 3 is 2.55 bits per heavy atom. The number of ether oxygens (including phenoxy) is 1. The SMILES string of the molecule is Cc1cccc(C2c3cc(OC(C)C(=O)NC(C)C)ccc3CCN2C(=O)C2CC2)c1. The van der Waals surface area contributed by atoms with Crippen LogP contribution in [0.4, 0.5) is 0 Å². The monoisotopic (exact) mass is 420 g/mol. The van der Waals surface area contributed by atoms with Gasteiger partial charge in [0.25, 0.3) is 5.91 Å². The normalized spacial score (nSPS) is 19.0. The second kappa shape index (κ2) is 8.74. The van der Waals surface area contributed by atoms with Gasteiger partial charge in [0.2, 0.25) is 5.91 Å². The van der Waals surface area contributed by atoms with E-state index < -0.39 is 6.10 Å². The van der Waals surface area contributed by atoms with Crippen LogP contribution >= 0.6 is 0 Å². The van der Waals surface area contributed by atoms with Gasteiger partial charge in [-0.2, -0.15) is 0 Å². The molecule has 2 aromatic carbocycles. The Bertz CT molecular complexity index is 980. The summed E-state index contributed by atoms with van der Waals surface area (Å²) in [4.78, 5) is 27.5. The van der Waals surface area contributed by atoms with E-state index in [0.29, 0.717) is 5.75 Å². The van der Waals surface area contributed by atoms with Crippen molar-refractivity contribution in [3.8, 4) is 5.75 Å². The molecular weight excluding hydrogens is 388 g/mol. The number of rotatable bonds is 6. The fourth-order valence-electron chi connectivity index (χ4n) is 4.33. The number of nitrogens with one attached hydrogen (secondary N) is 1. The molecule has 0 spiro atoms. The van der Waals surface area contributed by atoms with Crippen molar-refractivity contribution in [2.75, 3.05) is 6.54 Å². The molecule has 31 heavy (non-hydrogen) atoms. The molecular formula is C26H32N2O3. The minimum absolute atomic E-state index is 0.0646. The van der Waals surface area contributed by atoms with E-state index in [1.807, 2.05) is 30.9 Å². The molecule has 2 unspecified atom stereocenters. The van der Waals surface area contributed by atoms with Crippen molar-refractivity contribution < 1.29 is 14.3 Å². The van der Waals surface area contributed by atoms with Gasteiger partial charge in [-0.05, 0) is 75.8 Å². The second-order valence-electron chi connectivity index (χ2n) is 9.16. The van der Waals surface area contributed by atoms with Crippen LogP contribution in [0.2, 0.25) is 0 Å². The summed E-state index contributed by atoms with van der Waals surface area (Å²) in [6.45, 7) is 8.43. The minimum Gasteiger partial charge on any atom is -0.481 e. The highest BCUT2D eigenvalue weighted by Gasteiger charge is 2.39. The average Bonchev–Trinajstić information content (AvgIpc) is 3.57. The van der Waals surface area contributed by atoms with Gasteiger partial charge in [-0.1, -0.05) is 35.9 Å². The third kappa shape index (κ3) is 4.76. The van der Waals surface area contributed by atoms with Crippen LogP contribution in [0.1, 0.15) is 61.9 Å². The zero-order chi connectivity index (χ0) is 22.1. The molecule has 2 amide bonds. The number of benzene rings is 2. The highest BCUT2D eigenvalue weighted by atomic mass is 16.5. The molecule has 1 aliphatic carbocycles. The molecule has 2 aliphatic rings. The van der Waals surface area contributed by atoms with Crippen LogP contribution in [0, 0.1) is 12.8 Å². The van der Waals surface area contributed by atoms with E-state index in [4.69, 9.17) is 4.74 Å². The summed E-state index contributed by atoms with van der Waals surface area (Å²) in [5.41, 5.74) is 4.63. The summed E-state index contributed by atoms with van der Waals surface area (Å²) in [5, 5.41) is 2.89. The number of amides is 2. The van der Waals surface area contributed by atoms with Crippen LogP contribution in [0.15, 0.2) is 42.5 Å². The van der Waals surface area contributed by atoms with E-state index in [9.17, 15) is 9.59 Å². The molecule has 0 aromatic heterocycles. The van der Waals surface area contributed by atoms with Crippen LogP contribution < -0.4 is 10.1 Å². The van der Waals surface area contributed by atoms with Gasteiger partial charge in [-0.3, -0.25) is 9.59 Å². The number of carbonyl (C=O) groups excluding carboxylic acids is 2. The summed E-state index contributed by atoms with van der Waals surface area (Å²) in [5.74, 6) is 0.957. The van der Waals surface area contributed by atoms with E-state index in [0.717, 1.165) is 36.9 Å². The quantitative estimate of drug-likeness (QED) is 0.763. The molecule has 0 radical (unpaired) electrons. The third-order valence-corrected chi connectivity index (χ3v) is 6.03. The summed E-state index contributed by atoms with van der Waals surface area (Å²) in [7, 11) is 0. The van der Waals surface area contributed by atoms with Crippen LogP contribution in [0.25, 0.3) is 0 Å². The third-order valence-electron chi connectivity index (χ3n) is 6.03. The van der Waals surface area contributed by atoms with Crippen molar-refractivity contribution in [2.24, 2.45) is 5.92 Å². The van der Waals surface area contributed by atoms with E-state index in [1.54, 1.807) is 6.92 Å². The van der Waals surface area contributed by atoms with Crippen molar-refractivity contribution in [3.63, 3.8) is 0 Å². The van der Waals surface area contributed by atoms with E-state index in [-0.39, 0.29) is 29.8 Å². The van der Waals surface area contributed by atoms with Crippen LogP contribution in [-0.4, -0.2) is 35.4 Å². The van der Waals surface area contributed by atoms with Crippen molar-refractivity contribution in [1.82, 2.24) is 10.2 Å². The molecule has 164 valence electrons. The minimum atomic E-state index is -0.592. The van der Waals surface area contributed by atoms with Crippen LogP contribution in [0.3, 0.4) is 0 Å². The lowest BCUT2D eigenvalue weighted by molar-refractivity contribution is -0.134. The smallest absolute Gasteiger partial charge is 0.260 e. The van der Waals surface area contributed by atoms with Crippen molar-refractivity contribution >= 4 is 11.8 Å². The lowest BCUT2D eigenvalue weighted by Gasteiger charge is -2.38. The zero-order valence-electron chi connectivity index (χ0n) is 18.9. The van der Waals surface area contributed by atoms with Gasteiger partial charge < -0.3 is 15.0 Å². The molecule has 5 heteroatoms. The fraction of sp³-hybridized carbons (Fsp3) is 0.462. The Hall–Kier alpha value is -2.82. The lowest BCUT2D eigenvalue weighted by Crippen LogP contribution is -2.41. The van der Waals surface area contributed by atoms with Crippen molar-refractivity contribution in [2.45, 2.75) is 65.1 Å². The lowest BCUT2D eigenvalue weighted by atomic mass is 9.87. The molecule has 1 aliphatic heterocycles. The predicted octanol–water partition coefficient (Wildman–Crippen LogP) is 4.17. The summed E-state index contributed by atoms with van der Waals surface area (Å²) in [6.07, 6.45) is 2.23. The zero-order valence-corrected chi connectivity index (χ0v) is 18.9. The molecule has 1 fully saturated rings. The topological polar surface area (TPSA) is 58.6 Å². The molecule has 1 heterocycles. The molecule has 2 aromatic rings. The molecule has 0 saturated heterocycles. The first-order chi connectivity index (χ1) is 14.8. The summed E-state index contributed by atoms with van der Waals surface area (Å²) in [6, 6.07) is 14.4. The molecule has 0 bridgehead atoms. The molecule has 1 N–H and O–H groups in total. The van der Waals surface area contributed by atoms with Crippen molar-refractivity contribution in [1.29, 1.82) is 0 Å². The van der Waals surface area contributed by atoms with Gasteiger partial charge in [0.05, 0.1) is 6.04 Å². The van der Waals surface area contributed by atoms with Crippen molar-refractivity contribution in [3.05, 3.63) is 64.7 Å². The Morgan fingerprint density at radius 2 is 1.87 bits per heavy atom. The standard InChI is InChI=1S/C26H32N2O3/c1-16(2)27-25(29)18(4)31-22-11-10-19-12-13-28(26(30)20-8-9-20)24(23(19)15-22)21-7-5-6-17(3)14-21/h5-7,10-11,14-16,18,20,24H,8-9,12-13H2,1-4H3,(H,27,29). The van der Waals surface area contributed by atoms with Gasteiger partial charge in [0.1, 0.15) is 5.75 Å². The van der Waals surface area contributed by atoms with Crippen LogP contribution in [-0.2, 0) is 16.0 Å². The number of hydrogen-bond donors (Lipinski definition) is 1. The Labute approximate surface area is 184 Å². The first-order valence-electron chi connectivity index (χ1n) is 11.3. The number of fused-ring (bicyclic) bond motifs is 1. The largest absolute Gasteiger partial charge is 0.481 e. The Morgan fingerprint density at radius 1 is 1.10 bits per heavy atom. The summed E-state index contributed by atoms with van der Waals surface area (Å²) >= 11 is 0. The predicted molar refractivity (Wildman–Crippen MR) is 121 cm³/mol. The Balaban J connectivity index is 1.67. The van der Waals surface area contributed by atoms with E-state index >= 15 is 0 Å². The molecule has 5 nitrogen and oxygen atoms in total. The Kier molecular flexibility index (Phi) is 6.03. The first kappa shape index (κ1) is 21.4. The maximum Gasteiger partial charge on any atom is 0.260 e. The van der Waals surface area contributed by atoms with Gasteiger partial charge in [-0.25, -0.2) is 0 Å². The summed E-state index contributed by atoms with van der Waals surface area (Å²) < 4.78 is 5.99. The second-order valence-corrected chi connectivity index (χ2v) is 9.16. The highest BCUT2D eigenvalue weighted by Crippen LogP contribution is 2.41. The van der Waals surface area contributed by atoms with Gasteiger partial charge in [0, 0.05) is 18.5 Å². The maximum atomic E-state index is 13.1. The van der Waals surface area contributed by atoms with E-state index in [1.165, 1.54) is 11.1 Å². The van der Waals surface area contributed by atoms with E-state index in [2.05, 4.69) is 42.6 Å². The molecule has 2 atom stereocenters. The molecule has 1 saturated carbocycles. The maximum absolute atomic E-state index is 13.1. The highest BCUT2D eigenvalue weighted by molar-refractivity contribution is 5.82. The fourth-order valence-corrected chi connectivity index (χ4v) is 4.33.